The molecule has 0 fully saturated rings. The number of carbonyl (C=O) groups is 3. The summed E-state index contributed by atoms with van der Waals surface area (Å²) in [7, 11) is 0. The van der Waals surface area contributed by atoms with Gasteiger partial charge in [-0.05, 0) is 34.1 Å². The molecule has 0 spiro atoms. The fraction of sp³-hybridized carbons (Fsp3) is 0.526. The first kappa shape index (κ1) is 21.6. The Balaban J connectivity index is 3.34. The number of aliphatic hydroxyl groups is 1. The highest BCUT2D eigenvalue weighted by Crippen LogP contribution is 2.30. The number of carboxylic acid groups (broad SMARTS) is 2. The Morgan fingerprint density at radius 1 is 0.846 bits per heavy atom. The largest absolute Gasteiger partial charge is 0.479 e. The van der Waals surface area contributed by atoms with Gasteiger partial charge in [0.25, 0.3) is 0 Å². The molecule has 1 rings (SSSR count). The maximum Gasteiger partial charge on any atom is 0.348 e. The lowest BCUT2D eigenvalue weighted by Crippen LogP contribution is -2.43. The van der Waals surface area contributed by atoms with Crippen molar-refractivity contribution in [3.8, 4) is 0 Å². The summed E-state index contributed by atoms with van der Waals surface area (Å²) in [5.74, 6) is -4.53. The molecule has 26 heavy (non-hydrogen) atoms. The van der Waals surface area contributed by atoms with Crippen LogP contribution < -0.4 is 0 Å². The van der Waals surface area contributed by atoms with Crippen molar-refractivity contribution in [2.45, 2.75) is 64.6 Å². The van der Waals surface area contributed by atoms with E-state index in [4.69, 9.17) is 14.9 Å². The number of hydrogen-bond acceptors (Lipinski definition) is 5. The summed E-state index contributed by atoms with van der Waals surface area (Å²) in [4.78, 5) is 34.4. The van der Waals surface area contributed by atoms with E-state index in [0.29, 0.717) is 0 Å². The maximum atomic E-state index is 12.5. The SMILES string of the molecule is CC(C)(C)c1cc(C(=O)OC(C(=O)O)C(O)C(=O)O)cc(C(C)(C)C)c1. The Hall–Kier alpha value is -2.41. The Morgan fingerprint density at radius 2 is 1.27 bits per heavy atom. The summed E-state index contributed by atoms with van der Waals surface area (Å²) in [6.45, 7) is 11.8. The molecule has 0 aliphatic heterocycles. The fourth-order valence-corrected chi connectivity index (χ4v) is 2.17. The van der Waals surface area contributed by atoms with Crippen LogP contribution >= 0.6 is 0 Å². The van der Waals surface area contributed by atoms with Crippen molar-refractivity contribution in [1.29, 1.82) is 0 Å². The van der Waals surface area contributed by atoms with E-state index >= 15 is 0 Å². The van der Waals surface area contributed by atoms with Crippen molar-refractivity contribution in [1.82, 2.24) is 0 Å². The number of carboxylic acids is 2. The Labute approximate surface area is 152 Å². The second-order valence-corrected chi connectivity index (χ2v) is 8.25. The molecule has 2 atom stereocenters. The molecule has 0 saturated carbocycles. The van der Waals surface area contributed by atoms with Crippen molar-refractivity contribution in [3.63, 3.8) is 0 Å². The molecule has 0 aromatic heterocycles. The van der Waals surface area contributed by atoms with Gasteiger partial charge in [0.2, 0.25) is 6.10 Å². The highest BCUT2D eigenvalue weighted by atomic mass is 16.6. The fourth-order valence-electron chi connectivity index (χ4n) is 2.17. The van der Waals surface area contributed by atoms with Gasteiger partial charge in [0.05, 0.1) is 5.56 Å². The molecule has 7 nitrogen and oxygen atoms in total. The Bertz CT molecular complexity index is 675. The third-order valence-corrected chi connectivity index (χ3v) is 3.92. The van der Waals surface area contributed by atoms with Gasteiger partial charge in [0.15, 0.2) is 6.10 Å². The Kier molecular flexibility index (Phi) is 6.20. The monoisotopic (exact) mass is 366 g/mol. The zero-order valence-corrected chi connectivity index (χ0v) is 15.9. The second-order valence-electron chi connectivity index (χ2n) is 8.25. The number of ether oxygens (including phenoxy) is 1. The van der Waals surface area contributed by atoms with Gasteiger partial charge in [-0.2, -0.15) is 0 Å². The number of aliphatic carboxylic acids is 2. The van der Waals surface area contributed by atoms with Gasteiger partial charge in [0, 0.05) is 0 Å². The average molecular weight is 366 g/mol. The summed E-state index contributed by atoms with van der Waals surface area (Å²) < 4.78 is 4.79. The lowest BCUT2D eigenvalue weighted by Gasteiger charge is -2.26. The number of aliphatic hydroxyl groups excluding tert-OH is 1. The molecule has 7 heteroatoms. The molecule has 0 radical (unpaired) electrons. The molecule has 0 aliphatic rings. The standard InChI is InChI=1S/C19H26O7/c1-18(2,3)11-7-10(8-12(9-11)19(4,5)6)17(25)26-14(16(23)24)13(20)15(21)22/h7-9,13-14,20H,1-6H3,(H,21,22)(H,23,24). The minimum atomic E-state index is -2.36. The Morgan fingerprint density at radius 3 is 1.58 bits per heavy atom. The normalized spacial score (nSPS) is 14.4. The van der Waals surface area contributed by atoms with Gasteiger partial charge >= 0.3 is 17.9 Å². The molecule has 0 saturated heterocycles. The van der Waals surface area contributed by atoms with Crippen LogP contribution in [0.15, 0.2) is 18.2 Å². The number of esters is 1. The van der Waals surface area contributed by atoms with Crippen LogP contribution in [0.2, 0.25) is 0 Å². The minimum Gasteiger partial charge on any atom is -0.479 e. The number of rotatable bonds is 5. The molecule has 3 N–H and O–H groups in total. The smallest absolute Gasteiger partial charge is 0.348 e. The summed E-state index contributed by atoms with van der Waals surface area (Å²) in [5.41, 5.74) is 1.25. The molecular formula is C19H26O7. The van der Waals surface area contributed by atoms with Crippen LogP contribution in [0.3, 0.4) is 0 Å². The number of hydrogen-bond donors (Lipinski definition) is 3. The van der Waals surface area contributed by atoms with Gasteiger partial charge in [-0.15, -0.1) is 0 Å². The van der Waals surface area contributed by atoms with Gasteiger partial charge in [-0.1, -0.05) is 47.6 Å². The number of carbonyl (C=O) groups excluding carboxylic acids is 1. The van der Waals surface area contributed by atoms with Gasteiger partial charge in [0.1, 0.15) is 0 Å². The molecule has 0 aliphatic carbocycles. The molecule has 1 aromatic carbocycles. The van der Waals surface area contributed by atoms with E-state index in [9.17, 15) is 19.5 Å². The van der Waals surface area contributed by atoms with E-state index in [1.807, 2.05) is 47.6 Å². The molecular weight excluding hydrogens is 340 g/mol. The zero-order chi connectivity index (χ0) is 20.4. The summed E-state index contributed by atoms with van der Waals surface area (Å²) >= 11 is 0. The van der Waals surface area contributed by atoms with E-state index < -0.39 is 30.1 Å². The quantitative estimate of drug-likeness (QED) is 0.684. The predicted octanol–water partition coefficient (Wildman–Crippen LogP) is 2.34. The molecule has 0 amide bonds. The van der Waals surface area contributed by atoms with Crippen molar-refractivity contribution >= 4 is 17.9 Å². The van der Waals surface area contributed by atoms with E-state index in [-0.39, 0.29) is 16.4 Å². The maximum absolute atomic E-state index is 12.5. The predicted molar refractivity (Wildman–Crippen MR) is 94.3 cm³/mol. The van der Waals surface area contributed by atoms with Crippen molar-refractivity contribution in [2.75, 3.05) is 0 Å². The van der Waals surface area contributed by atoms with Crippen LogP contribution in [0.4, 0.5) is 0 Å². The van der Waals surface area contributed by atoms with Crippen molar-refractivity contribution in [2.24, 2.45) is 0 Å². The zero-order valence-electron chi connectivity index (χ0n) is 15.9. The summed E-state index contributed by atoms with van der Waals surface area (Å²) in [6, 6.07) is 5.14. The lowest BCUT2D eigenvalue weighted by molar-refractivity contribution is -0.166. The van der Waals surface area contributed by atoms with Crippen LogP contribution in [0, 0.1) is 0 Å². The van der Waals surface area contributed by atoms with E-state index in [1.54, 1.807) is 12.1 Å². The highest BCUT2D eigenvalue weighted by molar-refractivity contribution is 5.93. The minimum absolute atomic E-state index is 0.103. The molecule has 1 aromatic rings. The third kappa shape index (κ3) is 5.29. The average Bonchev–Trinajstić information content (AvgIpc) is 2.49. The van der Waals surface area contributed by atoms with Crippen LogP contribution in [-0.4, -0.2) is 45.4 Å². The van der Waals surface area contributed by atoms with Crippen molar-refractivity contribution < 1.29 is 34.4 Å². The van der Waals surface area contributed by atoms with Crippen molar-refractivity contribution in [3.05, 3.63) is 34.9 Å². The van der Waals surface area contributed by atoms with Crippen LogP contribution in [0.1, 0.15) is 63.0 Å². The third-order valence-electron chi connectivity index (χ3n) is 3.92. The van der Waals surface area contributed by atoms with Crippen LogP contribution in [0.5, 0.6) is 0 Å². The first-order valence-corrected chi connectivity index (χ1v) is 8.15. The molecule has 0 bridgehead atoms. The highest BCUT2D eigenvalue weighted by Gasteiger charge is 2.36. The molecule has 2 unspecified atom stereocenters. The van der Waals surface area contributed by atoms with E-state index in [1.165, 1.54) is 0 Å². The first-order valence-electron chi connectivity index (χ1n) is 8.15. The van der Waals surface area contributed by atoms with E-state index in [0.717, 1.165) is 11.1 Å². The topological polar surface area (TPSA) is 121 Å². The summed E-state index contributed by atoms with van der Waals surface area (Å²) in [6.07, 6.45) is -4.55. The van der Waals surface area contributed by atoms with Gasteiger partial charge in [-0.25, -0.2) is 14.4 Å². The van der Waals surface area contributed by atoms with Crippen LogP contribution in [-0.2, 0) is 25.2 Å². The lowest BCUT2D eigenvalue weighted by atomic mass is 9.79. The van der Waals surface area contributed by atoms with Crippen LogP contribution in [0.25, 0.3) is 0 Å². The molecule has 0 heterocycles. The van der Waals surface area contributed by atoms with Gasteiger partial charge < -0.3 is 20.1 Å². The number of benzene rings is 1. The van der Waals surface area contributed by atoms with Gasteiger partial charge in [-0.3, -0.25) is 0 Å². The molecule has 144 valence electrons. The van der Waals surface area contributed by atoms with E-state index in [2.05, 4.69) is 0 Å². The summed E-state index contributed by atoms with van der Waals surface area (Å²) in [5, 5.41) is 27.3. The second kappa shape index (κ2) is 7.45. The first-order chi connectivity index (χ1) is 11.6.